The zero-order valence-corrected chi connectivity index (χ0v) is 15.2. The lowest BCUT2D eigenvalue weighted by Gasteiger charge is -2.32. The van der Waals surface area contributed by atoms with Gasteiger partial charge in [-0.1, -0.05) is 6.92 Å². The van der Waals surface area contributed by atoms with Gasteiger partial charge in [-0.25, -0.2) is 8.78 Å². The highest BCUT2D eigenvalue weighted by Crippen LogP contribution is 2.11. The number of carbonyl (C=O) groups is 2. The largest absolute Gasteiger partial charge is 0.353 e. The highest BCUT2D eigenvalue weighted by Gasteiger charge is 2.19. The van der Waals surface area contributed by atoms with E-state index in [1.165, 1.54) is 0 Å². The van der Waals surface area contributed by atoms with Crippen molar-refractivity contribution in [3.63, 3.8) is 0 Å². The van der Waals surface area contributed by atoms with Crippen LogP contribution in [0.25, 0.3) is 0 Å². The third-order valence-electron chi connectivity index (χ3n) is 4.53. The van der Waals surface area contributed by atoms with Crippen LogP contribution in [0, 0.1) is 11.6 Å². The SMILES string of the molecule is CCCN1CCC(NC(=O)CCCNC(=O)c2ccc(F)cc2F)CC1. The monoisotopic (exact) mass is 367 g/mol. The molecular formula is C19H27F2N3O2. The molecule has 1 aliphatic heterocycles. The van der Waals surface area contributed by atoms with Gasteiger partial charge in [0.25, 0.3) is 5.91 Å². The smallest absolute Gasteiger partial charge is 0.254 e. The van der Waals surface area contributed by atoms with Crippen molar-refractivity contribution in [2.45, 2.75) is 45.1 Å². The van der Waals surface area contributed by atoms with Gasteiger partial charge in [-0.05, 0) is 44.4 Å². The van der Waals surface area contributed by atoms with Gasteiger partial charge < -0.3 is 15.5 Å². The Morgan fingerprint density at radius 3 is 2.62 bits per heavy atom. The molecule has 1 aromatic rings. The Hall–Kier alpha value is -2.02. The van der Waals surface area contributed by atoms with Crippen LogP contribution in [0.3, 0.4) is 0 Å². The van der Waals surface area contributed by atoms with E-state index in [0.29, 0.717) is 18.9 Å². The molecule has 0 aliphatic carbocycles. The molecule has 1 aromatic carbocycles. The molecule has 1 aliphatic rings. The lowest BCUT2D eigenvalue weighted by atomic mass is 10.0. The zero-order chi connectivity index (χ0) is 18.9. The number of halogens is 2. The summed E-state index contributed by atoms with van der Waals surface area (Å²) >= 11 is 0. The molecule has 0 saturated carbocycles. The Kier molecular flexibility index (Phi) is 7.97. The second-order valence-corrected chi connectivity index (χ2v) is 6.67. The Labute approximate surface area is 153 Å². The van der Waals surface area contributed by atoms with Crippen molar-refractivity contribution in [2.75, 3.05) is 26.2 Å². The summed E-state index contributed by atoms with van der Waals surface area (Å²) in [5.74, 6) is -2.25. The van der Waals surface area contributed by atoms with E-state index in [-0.39, 0.29) is 24.1 Å². The van der Waals surface area contributed by atoms with E-state index < -0.39 is 17.5 Å². The van der Waals surface area contributed by atoms with Crippen molar-refractivity contribution in [3.8, 4) is 0 Å². The summed E-state index contributed by atoms with van der Waals surface area (Å²) in [5, 5.41) is 5.59. The van der Waals surface area contributed by atoms with E-state index in [1.54, 1.807) is 0 Å². The molecular weight excluding hydrogens is 340 g/mol. The van der Waals surface area contributed by atoms with Gasteiger partial charge in [0.05, 0.1) is 5.56 Å². The average Bonchev–Trinajstić information content (AvgIpc) is 2.60. The fourth-order valence-corrected chi connectivity index (χ4v) is 3.14. The van der Waals surface area contributed by atoms with Crippen molar-refractivity contribution in [1.29, 1.82) is 0 Å². The molecule has 5 nitrogen and oxygen atoms in total. The number of nitrogens with zero attached hydrogens (tertiary/aromatic N) is 1. The molecule has 0 atom stereocenters. The van der Waals surface area contributed by atoms with Crippen molar-refractivity contribution in [2.24, 2.45) is 0 Å². The maximum atomic E-state index is 13.5. The number of likely N-dealkylation sites (tertiary alicyclic amines) is 1. The van der Waals surface area contributed by atoms with Crippen molar-refractivity contribution >= 4 is 11.8 Å². The lowest BCUT2D eigenvalue weighted by Crippen LogP contribution is -2.44. The van der Waals surface area contributed by atoms with Gasteiger partial charge in [-0.3, -0.25) is 9.59 Å². The van der Waals surface area contributed by atoms with E-state index >= 15 is 0 Å². The molecule has 0 radical (unpaired) electrons. The van der Waals surface area contributed by atoms with Gasteiger partial charge in [-0.15, -0.1) is 0 Å². The second kappa shape index (κ2) is 10.2. The summed E-state index contributed by atoms with van der Waals surface area (Å²) in [4.78, 5) is 26.2. The van der Waals surface area contributed by atoms with Gasteiger partial charge in [-0.2, -0.15) is 0 Å². The Bertz CT molecular complexity index is 617. The maximum Gasteiger partial charge on any atom is 0.254 e. The predicted octanol–water partition coefficient (Wildman–Crippen LogP) is 2.47. The highest BCUT2D eigenvalue weighted by atomic mass is 19.1. The lowest BCUT2D eigenvalue weighted by molar-refractivity contribution is -0.122. The quantitative estimate of drug-likeness (QED) is 0.694. The fourth-order valence-electron chi connectivity index (χ4n) is 3.14. The number of piperidine rings is 1. The molecule has 0 unspecified atom stereocenters. The van der Waals surface area contributed by atoms with Crippen LogP contribution in [-0.4, -0.2) is 48.9 Å². The number of amides is 2. The number of benzene rings is 1. The van der Waals surface area contributed by atoms with Crippen LogP contribution >= 0.6 is 0 Å². The normalized spacial score (nSPS) is 15.7. The number of rotatable bonds is 8. The van der Waals surface area contributed by atoms with Crippen molar-refractivity contribution in [1.82, 2.24) is 15.5 Å². The summed E-state index contributed by atoms with van der Waals surface area (Å²) < 4.78 is 26.3. The van der Waals surface area contributed by atoms with E-state index in [0.717, 1.165) is 51.0 Å². The average molecular weight is 367 g/mol. The van der Waals surface area contributed by atoms with Gasteiger partial charge in [0.15, 0.2) is 0 Å². The predicted molar refractivity (Wildman–Crippen MR) is 95.8 cm³/mol. The van der Waals surface area contributed by atoms with Gasteiger partial charge in [0, 0.05) is 38.2 Å². The highest BCUT2D eigenvalue weighted by molar-refractivity contribution is 5.94. The first-order chi connectivity index (χ1) is 12.5. The van der Waals surface area contributed by atoms with Crippen LogP contribution in [0.1, 0.15) is 49.4 Å². The Morgan fingerprint density at radius 2 is 1.96 bits per heavy atom. The van der Waals surface area contributed by atoms with Crippen LogP contribution in [-0.2, 0) is 4.79 Å². The number of carbonyl (C=O) groups excluding carboxylic acids is 2. The molecule has 2 N–H and O–H groups in total. The summed E-state index contributed by atoms with van der Waals surface area (Å²) in [6.07, 6.45) is 3.85. The summed E-state index contributed by atoms with van der Waals surface area (Å²) in [5.41, 5.74) is -0.199. The maximum absolute atomic E-state index is 13.5. The minimum absolute atomic E-state index is 0.0267. The van der Waals surface area contributed by atoms with E-state index in [1.807, 2.05) is 0 Å². The molecule has 144 valence electrons. The summed E-state index contributed by atoms with van der Waals surface area (Å²) in [6, 6.07) is 3.04. The standard InChI is InChI=1S/C19H27F2N3O2/c1-2-10-24-11-7-15(8-12-24)23-18(25)4-3-9-22-19(26)16-6-5-14(20)13-17(16)21/h5-6,13,15H,2-4,7-12H2,1H3,(H,22,26)(H,23,25). The van der Waals surface area contributed by atoms with E-state index in [2.05, 4.69) is 22.5 Å². The summed E-state index contributed by atoms with van der Waals surface area (Å²) in [7, 11) is 0. The third-order valence-corrected chi connectivity index (χ3v) is 4.53. The van der Waals surface area contributed by atoms with E-state index in [4.69, 9.17) is 0 Å². The third kappa shape index (κ3) is 6.37. The van der Waals surface area contributed by atoms with Crippen LogP contribution in [0.15, 0.2) is 18.2 Å². The molecule has 0 aromatic heterocycles. The van der Waals surface area contributed by atoms with Crippen LogP contribution in [0.4, 0.5) is 8.78 Å². The van der Waals surface area contributed by atoms with Crippen molar-refractivity contribution < 1.29 is 18.4 Å². The van der Waals surface area contributed by atoms with Crippen molar-refractivity contribution in [3.05, 3.63) is 35.4 Å². The van der Waals surface area contributed by atoms with E-state index in [9.17, 15) is 18.4 Å². The fraction of sp³-hybridized carbons (Fsp3) is 0.579. The number of hydrogen-bond donors (Lipinski definition) is 2. The first kappa shape index (κ1) is 20.3. The van der Waals surface area contributed by atoms with Crippen LogP contribution < -0.4 is 10.6 Å². The van der Waals surface area contributed by atoms with Crippen LogP contribution in [0.2, 0.25) is 0 Å². The molecule has 26 heavy (non-hydrogen) atoms. The minimum Gasteiger partial charge on any atom is -0.353 e. The molecule has 1 fully saturated rings. The first-order valence-corrected chi connectivity index (χ1v) is 9.24. The Balaban J connectivity index is 1.62. The molecule has 0 bridgehead atoms. The van der Waals surface area contributed by atoms with Gasteiger partial charge in [0.1, 0.15) is 11.6 Å². The van der Waals surface area contributed by atoms with Gasteiger partial charge >= 0.3 is 0 Å². The molecule has 7 heteroatoms. The Morgan fingerprint density at radius 1 is 1.23 bits per heavy atom. The molecule has 2 amide bonds. The molecule has 0 spiro atoms. The second-order valence-electron chi connectivity index (χ2n) is 6.67. The minimum atomic E-state index is -0.894. The molecule has 2 rings (SSSR count). The van der Waals surface area contributed by atoms with Crippen LogP contribution in [0.5, 0.6) is 0 Å². The summed E-state index contributed by atoms with van der Waals surface area (Å²) in [6.45, 7) is 5.56. The zero-order valence-electron chi connectivity index (χ0n) is 15.2. The molecule has 1 saturated heterocycles. The first-order valence-electron chi connectivity index (χ1n) is 9.24. The van der Waals surface area contributed by atoms with Gasteiger partial charge in [0.2, 0.25) is 5.91 Å². The topological polar surface area (TPSA) is 61.4 Å². The molecule has 1 heterocycles. The number of nitrogens with one attached hydrogen (secondary N) is 2. The number of hydrogen-bond acceptors (Lipinski definition) is 3.